The zero-order valence-electron chi connectivity index (χ0n) is 13.3. The summed E-state index contributed by atoms with van der Waals surface area (Å²) in [7, 11) is 0. The van der Waals surface area contributed by atoms with Crippen LogP contribution in [0, 0.1) is 0 Å². The molecule has 0 aliphatic heterocycles. The molecular weight excluding hydrogens is 258 g/mol. The Morgan fingerprint density at radius 2 is 1.90 bits per heavy atom. The average molecular weight is 283 g/mol. The summed E-state index contributed by atoms with van der Waals surface area (Å²) in [5.41, 5.74) is 4.26. The molecule has 0 radical (unpaired) electrons. The fourth-order valence-corrected chi connectivity index (χ4v) is 2.64. The number of rotatable bonds is 5. The van der Waals surface area contributed by atoms with Crippen LogP contribution in [0.25, 0.3) is 0 Å². The maximum Gasteiger partial charge on any atom is 0.0662 e. The number of benzene rings is 1. The van der Waals surface area contributed by atoms with Gasteiger partial charge in [-0.3, -0.25) is 4.68 Å². The van der Waals surface area contributed by atoms with Gasteiger partial charge in [0.25, 0.3) is 0 Å². The van der Waals surface area contributed by atoms with Crippen LogP contribution >= 0.6 is 0 Å². The monoisotopic (exact) mass is 283 g/mol. The van der Waals surface area contributed by atoms with Crippen LogP contribution in [-0.4, -0.2) is 15.3 Å². The van der Waals surface area contributed by atoms with Gasteiger partial charge < -0.3 is 5.32 Å². The topological polar surface area (TPSA) is 29.9 Å². The predicted octanol–water partition coefficient (Wildman–Crippen LogP) is 3.70. The molecule has 3 nitrogen and oxygen atoms in total. The summed E-state index contributed by atoms with van der Waals surface area (Å²) in [4.78, 5) is 0. The first kappa shape index (κ1) is 14.3. The van der Waals surface area contributed by atoms with Crippen LogP contribution in [0.15, 0.2) is 36.5 Å². The molecule has 112 valence electrons. The molecule has 0 amide bonds. The third-order valence-corrected chi connectivity index (χ3v) is 3.91. The summed E-state index contributed by atoms with van der Waals surface area (Å²) < 4.78 is 2.20. The lowest BCUT2D eigenvalue weighted by atomic mass is 10.1. The largest absolute Gasteiger partial charge is 0.308 e. The van der Waals surface area contributed by atoms with Crippen LogP contribution in [0.1, 0.15) is 56.4 Å². The molecule has 2 aromatic rings. The second-order valence-electron chi connectivity index (χ2n) is 7.08. The Balaban J connectivity index is 1.80. The van der Waals surface area contributed by atoms with E-state index in [9.17, 15) is 0 Å². The Bertz CT molecular complexity index is 589. The highest BCUT2D eigenvalue weighted by Crippen LogP contribution is 2.41. The Hall–Kier alpha value is -1.61. The van der Waals surface area contributed by atoms with Crippen LogP contribution < -0.4 is 5.32 Å². The van der Waals surface area contributed by atoms with Crippen molar-refractivity contribution in [2.45, 2.75) is 58.2 Å². The Morgan fingerprint density at radius 1 is 1.19 bits per heavy atom. The lowest BCUT2D eigenvalue weighted by molar-refractivity contribution is 0.423. The highest BCUT2D eigenvalue weighted by Gasteiger charge is 2.30. The molecule has 0 bridgehead atoms. The molecule has 1 aromatic heterocycles. The first-order valence-electron chi connectivity index (χ1n) is 7.86. The number of aromatic nitrogens is 2. The van der Waals surface area contributed by atoms with E-state index in [4.69, 9.17) is 0 Å². The van der Waals surface area contributed by atoms with Gasteiger partial charge in [-0.05, 0) is 39.2 Å². The van der Waals surface area contributed by atoms with Crippen LogP contribution in [0.4, 0.5) is 0 Å². The molecular formula is C18H25N3. The normalized spacial score (nSPS) is 15.4. The molecule has 21 heavy (non-hydrogen) atoms. The van der Waals surface area contributed by atoms with Crippen molar-refractivity contribution in [1.29, 1.82) is 0 Å². The van der Waals surface area contributed by atoms with E-state index in [0.717, 1.165) is 13.1 Å². The SMILES string of the molecule is CC(C)(C)NCc1cnn(Cc2ccccc2)c1C1CC1. The first-order valence-corrected chi connectivity index (χ1v) is 7.86. The second kappa shape index (κ2) is 5.64. The van der Waals surface area contributed by atoms with Gasteiger partial charge in [0.1, 0.15) is 0 Å². The van der Waals surface area contributed by atoms with E-state index in [-0.39, 0.29) is 5.54 Å². The van der Waals surface area contributed by atoms with E-state index >= 15 is 0 Å². The number of hydrogen-bond donors (Lipinski definition) is 1. The zero-order chi connectivity index (χ0) is 14.9. The fraction of sp³-hybridized carbons (Fsp3) is 0.500. The van der Waals surface area contributed by atoms with Gasteiger partial charge in [-0.2, -0.15) is 5.10 Å². The smallest absolute Gasteiger partial charge is 0.0662 e. The summed E-state index contributed by atoms with van der Waals surface area (Å²) in [6.45, 7) is 8.40. The number of hydrogen-bond acceptors (Lipinski definition) is 2. The van der Waals surface area contributed by atoms with E-state index in [0.29, 0.717) is 5.92 Å². The standard InChI is InChI=1S/C18H25N3/c1-18(2,3)19-11-16-12-20-21(17(16)15-9-10-15)13-14-7-5-4-6-8-14/h4-8,12,15,19H,9-11,13H2,1-3H3. The maximum absolute atomic E-state index is 4.65. The summed E-state index contributed by atoms with van der Waals surface area (Å²) in [6.07, 6.45) is 4.67. The molecule has 1 heterocycles. The van der Waals surface area contributed by atoms with Gasteiger partial charge in [-0.1, -0.05) is 30.3 Å². The van der Waals surface area contributed by atoms with Gasteiger partial charge >= 0.3 is 0 Å². The fourth-order valence-electron chi connectivity index (χ4n) is 2.64. The molecule has 0 saturated heterocycles. The summed E-state index contributed by atoms with van der Waals surface area (Å²) in [5.74, 6) is 0.716. The zero-order valence-corrected chi connectivity index (χ0v) is 13.3. The summed E-state index contributed by atoms with van der Waals surface area (Å²) in [5, 5.41) is 8.24. The molecule has 1 fully saturated rings. The molecule has 1 aliphatic carbocycles. The highest BCUT2D eigenvalue weighted by atomic mass is 15.3. The predicted molar refractivity (Wildman–Crippen MR) is 86.3 cm³/mol. The Labute approximate surface area is 127 Å². The molecule has 1 saturated carbocycles. The van der Waals surface area contributed by atoms with Crippen LogP contribution in [-0.2, 0) is 13.1 Å². The maximum atomic E-state index is 4.65. The minimum atomic E-state index is 0.141. The van der Waals surface area contributed by atoms with Crippen LogP contribution in [0.3, 0.4) is 0 Å². The van der Waals surface area contributed by atoms with E-state index in [1.165, 1.54) is 29.7 Å². The van der Waals surface area contributed by atoms with Gasteiger partial charge in [-0.15, -0.1) is 0 Å². The van der Waals surface area contributed by atoms with Crippen LogP contribution in [0.2, 0.25) is 0 Å². The van der Waals surface area contributed by atoms with E-state index in [1.807, 2.05) is 0 Å². The van der Waals surface area contributed by atoms with Gasteiger partial charge in [0, 0.05) is 29.3 Å². The third kappa shape index (κ3) is 3.73. The molecule has 1 aliphatic rings. The van der Waals surface area contributed by atoms with Crippen molar-refractivity contribution in [3.05, 3.63) is 53.3 Å². The van der Waals surface area contributed by atoms with Gasteiger partial charge in [0.2, 0.25) is 0 Å². The second-order valence-corrected chi connectivity index (χ2v) is 7.08. The quantitative estimate of drug-likeness (QED) is 0.907. The lowest BCUT2D eigenvalue weighted by Gasteiger charge is -2.20. The highest BCUT2D eigenvalue weighted by molar-refractivity contribution is 5.27. The molecule has 0 spiro atoms. The Morgan fingerprint density at radius 3 is 2.52 bits per heavy atom. The van der Waals surface area contributed by atoms with E-state index < -0.39 is 0 Å². The molecule has 0 atom stereocenters. The number of nitrogens with zero attached hydrogens (tertiary/aromatic N) is 2. The summed E-state index contributed by atoms with van der Waals surface area (Å²) >= 11 is 0. The van der Waals surface area contributed by atoms with Crippen molar-refractivity contribution >= 4 is 0 Å². The third-order valence-electron chi connectivity index (χ3n) is 3.91. The average Bonchev–Trinajstić information content (AvgIpc) is 3.19. The van der Waals surface area contributed by atoms with Gasteiger partial charge in [0.05, 0.1) is 12.7 Å². The van der Waals surface area contributed by atoms with Crippen molar-refractivity contribution < 1.29 is 0 Å². The molecule has 1 aromatic carbocycles. The molecule has 3 rings (SSSR count). The molecule has 0 unspecified atom stereocenters. The minimum absolute atomic E-state index is 0.141. The van der Waals surface area contributed by atoms with E-state index in [1.54, 1.807) is 0 Å². The van der Waals surface area contributed by atoms with E-state index in [2.05, 4.69) is 72.4 Å². The molecule has 3 heteroatoms. The molecule has 1 N–H and O–H groups in total. The van der Waals surface area contributed by atoms with Gasteiger partial charge in [0.15, 0.2) is 0 Å². The van der Waals surface area contributed by atoms with Crippen molar-refractivity contribution in [3.8, 4) is 0 Å². The van der Waals surface area contributed by atoms with Crippen molar-refractivity contribution in [1.82, 2.24) is 15.1 Å². The van der Waals surface area contributed by atoms with Crippen molar-refractivity contribution in [3.63, 3.8) is 0 Å². The minimum Gasteiger partial charge on any atom is -0.308 e. The van der Waals surface area contributed by atoms with Crippen molar-refractivity contribution in [2.75, 3.05) is 0 Å². The summed E-state index contributed by atoms with van der Waals surface area (Å²) in [6, 6.07) is 10.6. The van der Waals surface area contributed by atoms with Crippen molar-refractivity contribution in [2.24, 2.45) is 0 Å². The van der Waals surface area contributed by atoms with Gasteiger partial charge in [-0.25, -0.2) is 0 Å². The number of nitrogens with one attached hydrogen (secondary N) is 1. The first-order chi connectivity index (χ1) is 10.0. The lowest BCUT2D eigenvalue weighted by Crippen LogP contribution is -2.35. The van der Waals surface area contributed by atoms with Crippen LogP contribution in [0.5, 0.6) is 0 Å². The Kier molecular flexibility index (Phi) is 3.85.